The van der Waals surface area contributed by atoms with Gasteiger partial charge in [0.25, 0.3) is 0 Å². The number of benzene rings is 2. The van der Waals surface area contributed by atoms with Crippen LogP contribution in [0.15, 0.2) is 47.6 Å². The fraction of sp³-hybridized carbons (Fsp3) is 0.125. The van der Waals surface area contributed by atoms with Crippen LogP contribution in [0.5, 0.6) is 5.75 Å². The maximum atomic E-state index is 10.6. The van der Waals surface area contributed by atoms with Crippen LogP contribution in [-0.4, -0.2) is 26.8 Å². The molecule has 0 aliphatic rings. The van der Waals surface area contributed by atoms with Crippen LogP contribution >= 0.6 is 23.4 Å². The Morgan fingerprint density at radius 2 is 2.09 bits per heavy atom. The van der Waals surface area contributed by atoms with Crippen molar-refractivity contribution in [1.82, 2.24) is 9.97 Å². The monoisotopic (exact) mass is 348 g/mol. The summed E-state index contributed by atoms with van der Waals surface area (Å²) in [4.78, 5) is 18.0. The van der Waals surface area contributed by atoms with E-state index in [2.05, 4.69) is 9.97 Å². The summed E-state index contributed by atoms with van der Waals surface area (Å²) in [7, 11) is 0. The zero-order valence-electron chi connectivity index (χ0n) is 12.0. The van der Waals surface area contributed by atoms with Crippen LogP contribution in [0.2, 0.25) is 5.02 Å². The molecule has 0 amide bonds. The zero-order valence-corrected chi connectivity index (χ0v) is 13.5. The lowest BCUT2D eigenvalue weighted by atomic mass is 10.2. The van der Waals surface area contributed by atoms with Crippen molar-refractivity contribution < 1.29 is 14.6 Å². The van der Waals surface area contributed by atoms with Gasteiger partial charge >= 0.3 is 5.97 Å². The van der Waals surface area contributed by atoms with Crippen LogP contribution in [0, 0.1) is 0 Å². The second kappa shape index (κ2) is 6.93. The van der Waals surface area contributed by atoms with E-state index in [9.17, 15) is 4.79 Å². The molecule has 3 aromatic rings. The number of aromatic nitrogens is 2. The molecule has 0 spiro atoms. The maximum Gasteiger partial charge on any atom is 0.313 e. The topological polar surface area (TPSA) is 75.2 Å². The lowest BCUT2D eigenvalue weighted by Gasteiger charge is -2.07. The smallest absolute Gasteiger partial charge is 0.313 e. The van der Waals surface area contributed by atoms with Gasteiger partial charge in [0.15, 0.2) is 5.16 Å². The van der Waals surface area contributed by atoms with Crippen LogP contribution in [0.3, 0.4) is 0 Å². The molecule has 23 heavy (non-hydrogen) atoms. The average molecular weight is 349 g/mol. The van der Waals surface area contributed by atoms with Crippen molar-refractivity contribution in [3.05, 3.63) is 53.1 Å². The van der Waals surface area contributed by atoms with Gasteiger partial charge < -0.3 is 14.8 Å². The van der Waals surface area contributed by atoms with Crippen molar-refractivity contribution in [3.63, 3.8) is 0 Å². The highest BCUT2D eigenvalue weighted by molar-refractivity contribution is 7.99. The molecule has 0 atom stereocenters. The standard InChI is InChI=1S/C16H13ClN2O3S/c17-12-7-14-13(18-16(19-14)23-9-15(20)21)6-10(12)8-22-11-4-2-1-3-5-11/h1-7H,8-9H2,(H,18,19)(H,20,21). The number of carbonyl (C=O) groups is 1. The molecule has 2 N–H and O–H groups in total. The van der Waals surface area contributed by atoms with Gasteiger partial charge in [-0.3, -0.25) is 4.79 Å². The van der Waals surface area contributed by atoms with E-state index in [1.807, 2.05) is 36.4 Å². The number of carboxylic acid groups (broad SMARTS) is 1. The predicted molar refractivity (Wildman–Crippen MR) is 90.2 cm³/mol. The number of nitrogens with zero attached hydrogens (tertiary/aromatic N) is 1. The molecular weight excluding hydrogens is 336 g/mol. The number of aromatic amines is 1. The highest BCUT2D eigenvalue weighted by atomic mass is 35.5. The molecule has 7 heteroatoms. The number of aliphatic carboxylic acids is 1. The Hall–Kier alpha value is -2.18. The summed E-state index contributed by atoms with van der Waals surface area (Å²) < 4.78 is 5.70. The van der Waals surface area contributed by atoms with E-state index >= 15 is 0 Å². The summed E-state index contributed by atoms with van der Waals surface area (Å²) in [5.74, 6) is -0.161. The fourth-order valence-corrected chi connectivity index (χ4v) is 2.86. The lowest BCUT2D eigenvalue weighted by Crippen LogP contribution is -1.97. The molecule has 1 aromatic heterocycles. The number of nitrogens with one attached hydrogen (secondary N) is 1. The molecule has 0 bridgehead atoms. The van der Waals surface area contributed by atoms with Crippen molar-refractivity contribution >= 4 is 40.4 Å². The normalized spacial score (nSPS) is 10.8. The number of hydrogen-bond donors (Lipinski definition) is 2. The Kier molecular flexibility index (Phi) is 4.73. The first-order valence-corrected chi connectivity index (χ1v) is 8.19. The minimum atomic E-state index is -0.884. The summed E-state index contributed by atoms with van der Waals surface area (Å²) in [6.07, 6.45) is 0. The third-order valence-corrected chi connectivity index (χ3v) is 4.31. The van der Waals surface area contributed by atoms with Gasteiger partial charge in [-0.05, 0) is 24.3 Å². The summed E-state index contributed by atoms with van der Waals surface area (Å²) in [5.41, 5.74) is 2.32. The average Bonchev–Trinajstić information content (AvgIpc) is 2.93. The first-order valence-electron chi connectivity index (χ1n) is 6.82. The number of rotatable bonds is 6. The van der Waals surface area contributed by atoms with E-state index in [0.29, 0.717) is 16.8 Å². The fourth-order valence-electron chi connectivity index (χ4n) is 2.04. The van der Waals surface area contributed by atoms with Crippen LogP contribution in [-0.2, 0) is 11.4 Å². The first kappa shape index (κ1) is 15.7. The van der Waals surface area contributed by atoms with Gasteiger partial charge in [0.1, 0.15) is 12.4 Å². The molecule has 0 radical (unpaired) electrons. The Morgan fingerprint density at radius 1 is 1.30 bits per heavy atom. The number of imidazole rings is 1. The van der Waals surface area contributed by atoms with Gasteiger partial charge in [0, 0.05) is 10.6 Å². The van der Waals surface area contributed by atoms with E-state index in [4.69, 9.17) is 21.4 Å². The van der Waals surface area contributed by atoms with E-state index < -0.39 is 5.97 Å². The Morgan fingerprint density at radius 3 is 2.83 bits per heavy atom. The summed E-state index contributed by atoms with van der Waals surface area (Å²) >= 11 is 7.41. The van der Waals surface area contributed by atoms with Crippen molar-refractivity contribution in [1.29, 1.82) is 0 Å². The van der Waals surface area contributed by atoms with Crippen LogP contribution < -0.4 is 4.74 Å². The largest absolute Gasteiger partial charge is 0.489 e. The number of thioether (sulfide) groups is 1. The van der Waals surface area contributed by atoms with Crippen molar-refractivity contribution in [2.75, 3.05) is 5.75 Å². The quantitative estimate of drug-likeness (QED) is 0.659. The van der Waals surface area contributed by atoms with E-state index in [1.54, 1.807) is 6.07 Å². The number of halogens is 1. The Bertz CT molecular complexity index is 836. The molecule has 0 saturated heterocycles. The Balaban J connectivity index is 1.78. The van der Waals surface area contributed by atoms with E-state index in [0.717, 1.165) is 34.1 Å². The van der Waals surface area contributed by atoms with Crippen LogP contribution in [0.4, 0.5) is 0 Å². The SMILES string of the molecule is O=C(O)CSc1nc2cc(COc3ccccc3)c(Cl)cc2[nH]1. The highest BCUT2D eigenvalue weighted by Crippen LogP contribution is 2.26. The molecule has 5 nitrogen and oxygen atoms in total. The van der Waals surface area contributed by atoms with Crippen LogP contribution in [0.1, 0.15) is 5.56 Å². The second-order valence-corrected chi connectivity index (χ2v) is 6.16. The molecule has 1 heterocycles. The number of ether oxygens (including phenoxy) is 1. The molecule has 0 unspecified atom stereocenters. The first-order chi connectivity index (χ1) is 11.1. The van der Waals surface area contributed by atoms with Crippen LogP contribution in [0.25, 0.3) is 11.0 Å². The number of hydrogen-bond acceptors (Lipinski definition) is 4. The number of H-pyrrole nitrogens is 1. The number of carboxylic acids is 1. The number of para-hydroxylation sites is 1. The van der Waals surface area contributed by atoms with E-state index in [1.165, 1.54) is 0 Å². The molecule has 0 aliphatic heterocycles. The second-order valence-electron chi connectivity index (χ2n) is 4.79. The molecule has 0 aliphatic carbocycles. The maximum absolute atomic E-state index is 10.6. The van der Waals surface area contributed by atoms with Gasteiger partial charge in [0.05, 0.1) is 16.8 Å². The predicted octanol–water partition coefficient (Wildman–Crippen LogP) is 3.97. The van der Waals surface area contributed by atoms with Gasteiger partial charge in [0.2, 0.25) is 0 Å². The zero-order chi connectivity index (χ0) is 16.2. The Labute approximate surface area is 141 Å². The van der Waals surface area contributed by atoms with Gasteiger partial charge in [-0.25, -0.2) is 4.98 Å². The molecular formula is C16H13ClN2O3S. The van der Waals surface area contributed by atoms with E-state index in [-0.39, 0.29) is 5.75 Å². The molecule has 118 valence electrons. The molecule has 0 saturated carbocycles. The lowest BCUT2D eigenvalue weighted by molar-refractivity contribution is -0.133. The third kappa shape index (κ3) is 3.97. The minimum absolute atomic E-state index is 0.0441. The number of fused-ring (bicyclic) bond motifs is 1. The summed E-state index contributed by atoms with van der Waals surface area (Å²) in [6.45, 7) is 0.337. The van der Waals surface area contributed by atoms with Crippen molar-refractivity contribution in [3.8, 4) is 5.75 Å². The minimum Gasteiger partial charge on any atom is -0.489 e. The molecule has 0 fully saturated rings. The van der Waals surface area contributed by atoms with Gasteiger partial charge in [-0.2, -0.15) is 0 Å². The highest BCUT2D eigenvalue weighted by Gasteiger charge is 2.10. The van der Waals surface area contributed by atoms with Crippen molar-refractivity contribution in [2.45, 2.75) is 11.8 Å². The van der Waals surface area contributed by atoms with Gasteiger partial charge in [-0.1, -0.05) is 41.6 Å². The third-order valence-electron chi connectivity index (χ3n) is 3.10. The van der Waals surface area contributed by atoms with Crippen molar-refractivity contribution in [2.24, 2.45) is 0 Å². The molecule has 3 rings (SSSR count). The summed E-state index contributed by atoms with van der Waals surface area (Å²) in [5, 5.41) is 9.85. The summed E-state index contributed by atoms with van der Waals surface area (Å²) in [6, 6.07) is 13.1. The van der Waals surface area contributed by atoms with Gasteiger partial charge in [-0.15, -0.1) is 0 Å². The molecule has 2 aromatic carbocycles.